The summed E-state index contributed by atoms with van der Waals surface area (Å²) in [6.07, 6.45) is -8.02. The summed E-state index contributed by atoms with van der Waals surface area (Å²) in [7, 11) is 0. The maximum atomic E-state index is 13.8. The minimum atomic E-state index is -4.69. The molecule has 1 N–H and O–H groups in total. The van der Waals surface area contributed by atoms with E-state index in [-0.39, 0.29) is 18.7 Å². The molecule has 0 saturated carbocycles. The lowest BCUT2D eigenvalue weighted by molar-refractivity contribution is -0.196. The molecule has 1 amide bonds. The van der Waals surface area contributed by atoms with Crippen molar-refractivity contribution in [3.63, 3.8) is 0 Å². The van der Waals surface area contributed by atoms with Crippen molar-refractivity contribution >= 4 is 11.8 Å². The highest BCUT2D eigenvalue weighted by atomic mass is 19.4. The number of halogens is 3. The molecule has 0 bridgehead atoms. The molecule has 2 atom stereocenters. The van der Waals surface area contributed by atoms with Crippen LogP contribution in [0.1, 0.15) is 38.4 Å². The van der Waals surface area contributed by atoms with Crippen molar-refractivity contribution in [3.05, 3.63) is 29.8 Å². The van der Waals surface area contributed by atoms with Gasteiger partial charge in [-0.2, -0.15) is 13.2 Å². The van der Waals surface area contributed by atoms with Crippen LogP contribution < -0.4 is 4.90 Å². The number of carbonyl (C=O) groups excluding carboxylic acids is 1. The van der Waals surface area contributed by atoms with E-state index >= 15 is 0 Å². The molecular weight excluding hydrogens is 299 g/mol. The molecule has 122 valence electrons. The second kappa shape index (κ2) is 5.79. The Labute approximate surface area is 126 Å². The summed E-state index contributed by atoms with van der Waals surface area (Å²) >= 11 is 0. The van der Waals surface area contributed by atoms with E-state index in [2.05, 4.69) is 0 Å². The predicted octanol–water partition coefficient (Wildman–Crippen LogP) is 3.80. The van der Waals surface area contributed by atoms with Gasteiger partial charge in [0.2, 0.25) is 0 Å². The number of aliphatic hydroxyl groups excluding tert-OH is 1. The van der Waals surface area contributed by atoms with Crippen molar-refractivity contribution in [3.8, 4) is 0 Å². The van der Waals surface area contributed by atoms with Crippen molar-refractivity contribution in [1.29, 1.82) is 0 Å². The van der Waals surface area contributed by atoms with Gasteiger partial charge in [0.05, 0.1) is 18.4 Å². The quantitative estimate of drug-likeness (QED) is 0.902. The maximum Gasteiger partial charge on any atom is 0.415 e. The fourth-order valence-corrected chi connectivity index (χ4v) is 2.93. The molecule has 0 spiro atoms. The van der Waals surface area contributed by atoms with E-state index in [1.54, 1.807) is 6.07 Å². The summed E-state index contributed by atoms with van der Waals surface area (Å²) in [5.74, 6) is 0. The number of benzene rings is 1. The fraction of sp³-hybridized carbons (Fsp3) is 0.533. The molecule has 0 aromatic heterocycles. The average Bonchev–Trinajstić information content (AvgIpc) is 2.46. The number of nitrogens with zero attached hydrogens (tertiary/aromatic N) is 1. The van der Waals surface area contributed by atoms with Crippen molar-refractivity contribution in [2.45, 2.75) is 44.5 Å². The van der Waals surface area contributed by atoms with E-state index in [0.29, 0.717) is 10.5 Å². The number of fused-ring (bicyclic) bond motifs is 1. The van der Waals surface area contributed by atoms with Gasteiger partial charge in [0.25, 0.3) is 0 Å². The fourth-order valence-electron chi connectivity index (χ4n) is 2.93. The van der Waals surface area contributed by atoms with Crippen LogP contribution in [0.15, 0.2) is 24.3 Å². The molecular formula is C15H18F3NO3. The largest absolute Gasteiger partial charge is 0.449 e. The number of carbonyl (C=O) groups is 1. The van der Waals surface area contributed by atoms with Gasteiger partial charge in [0, 0.05) is 12.0 Å². The molecule has 22 heavy (non-hydrogen) atoms. The van der Waals surface area contributed by atoms with Gasteiger partial charge < -0.3 is 9.84 Å². The van der Waals surface area contributed by atoms with E-state index in [1.807, 2.05) is 0 Å². The first kappa shape index (κ1) is 16.6. The zero-order valence-corrected chi connectivity index (χ0v) is 12.4. The van der Waals surface area contributed by atoms with Gasteiger partial charge in [0.1, 0.15) is 5.54 Å². The van der Waals surface area contributed by atoms with E-state index in [9.17, 15) is 23.1 Å². The highest BCUT2D eigenvalue weighted by Gasteiger charge is 2.62. The lowest BCUT2D eigenvalue weighted by atomic mass is 9.80. The molecule has 1 aliphatic heterocycles. The van der Waals surface area contributed by atoms with Crippen LogP contribution in [0.2, 0.25) is 0 Å². The first-order chi connectivity index (χ1) is 10.3. The van der Waals surface area contributed by atoms with Crippen LogP contribution in [0.25, 0.3) is 0 Å². The van der Waals surface area contributed by atoms with Gasteiger partial charge >= 0.3 is 12.3 Å². The van der Waals surface area contributed by atoms with Crippen molar-refractivity contribution < 1.29 is 27.8 Å². The van der Waals surface area contributed by atoms with Gasteiger partial charge in [0.15, 0.2) is 0 Å². The number of aliphatic hydroxyl groups is 1. The van der Waals surface area contributed by atoms with Gasteiger partial charge in [-0.3, -0.25) is 4.90 Å². The zero-order chi connectivity index (χ0) is 16.5. The zero-order valence-electron chi connectivity index (χ0n) is 12.4. The number of hydrogen-bond acceptors (Lipinski definition) is 3. The average molecular weight is 317 g/mol. The smallest absolute Gasteiger partial charge is 0.415 e. The Morgan fingerprint density at radius 2 is 2.05 bits per heavy atom. The Bertz CT molecular complexity index is 561. The Kier molecular flexibility index (Phi) is 4.37. The highest BCUT2D eigenvalue weighted by Crippen LogP contribution is 2.51. The number of anilines is 1. The lowest BCUT2D eigenvalue weighted by Crippen LogP contribution is -2.63. The number of hydrogen-bond donors (Lipinski definition) is 1. The number of amides is 1. The molecule has 0 aliphatic carbocycles. The van der Waals surface area contributed by atoms with Gasteiger partial charge in [-0.25, -0.2) is 4.79 Å². The summed E-state index contributed by atoms with van der Waals surface area (Å²) in [4.78, 5) is 12.9. The summed E-state index contributed by atoms with van der Waals surface area (Å²) in [6.45, 7) is 2.85. The Hall–Kier alpha value is -1.76. The predicted molar refractivity (Wildman–Crippen MR) is 74.6 cm³/mol. The lowest BCUT2D eigenvalue weighted by Gasteiger charge is -2.48. The number of ether oxygens (including phenoxy) is 1. The molecule has 1 aliphatic rings. The molecule has 2 unspecified atom stereocenters. The van der Waals surface area contributed by atoms with E-state index < -0.39 is 30.3 Å². The third-order valence-corrected chi connectivity index (χ3v) is 4.06. The molecule has 1 heterocycles. The first-order valence-electron chi connectivity index (χ1n) is 7.09. The second-order valence-corrected chi connectivity index (χ2v) is 5.20. The Morgan fingerprint density at radius 3 is 2.59 bits per heavy atom. The van der Waals surface area contributed by atoms with Gasteiger partial charge in [-0.1, -0.05) is 25.1 Å². The molecule has 1 aromatic carbocycles. The Morgan fingerprint density at radius 1 is 1.41 bits per heavy atom. The molecule has 4 nitrogen and oxygen atoms in total. The molecule has 1 aromatic rings. The standard InChI is InChI=1S/C15H18F3NO3/c1-3-14(15(16,17)18)9-12(20)10-7-5-6-8-11(10)19(14)13(21)22-4-2/h5-8,12,20H,3-4,9H2,1-2H3. The van der Waals surface area contributed by atoms with E-state index in [0.717, 1.165) is 0 Å². The molecule has 7 heteroatoms. The van der Waals surface area contributed by atoms with Crippen molar-refractivity contribution in [2.24, 2.45) is 0 Å². The van der Waals surface area contributed by atoms with Gasteiger partial charge in [-0.15, -0.1) is 0 Å². The van der Waals surface area contributed by atoms with E-state index in [1.165, 1.54) is 32.0 Å². The normalized spacial score (nSPS) is 24.8. The SMILES string of the molecule is CCOC(=O)N1c2ccccc2C(O)CC1(CC)C(F)(F)F. The summed E-state index contributed by atoms with van der Waals surface area (Å²) in [6, 6.07) is 6.05. The van der Waals surface area contributed by atoms with Crippen molar-refractivity contribution in [2.75, 3.05) is 11.5 Å². The van der Waals surface area contributed by atoms with Crippen LogP contribution in [0.4, 0.5) is 23.7 Å². The first-order valence-corrected chi connectivity index (χ1v) is 7.09. The Balaban J connectivity index is 2.66. The third-order valence-electron chi connectivity index (χ3n) is 4.06. The summed E-state index contributed by atoms with van der Waals surface area (Å²) in [5, 5.41) is 10.1. The van der Waals surface area contributed by atoms with Crippen LogP contribution in [0, 0.1) is 0 Å². The minimum absolute atomic E-state index is 0.0301. The minimum Gasteiger partial charge on any atom is -0.449 e. The molecule has 0 fully saturated rings. The van der Waals surface area contributed by atoms with Crippen LogP contribution in [0.5, 0.6) is 0 Å². The summed E-state index contributed by atoms with van der Waals surface area (Å²) in [5.41, 5.74) is -2.14. The molecule has 2 rings (SSSR count). The molecule has 0 radical (unpaired) electrons. The number of alkyl halides is 3. The van der Waals surface area contributed by atoms with Gasteiger partial charge in [-0.05, 0) is 19.4 Å². The monoisotopic (exact) mass is 317 g/mol. The third kappa shape index (κ3) is 2.43. The van der Waals surface area contributed by atoms with Crippen LogP contribution in [0.3, 0.4) is 0 Å². The highest BCUT2D eigenvalue weighted by molar-refractivity contribution is 5.91. The summed E-state index contributed by atoms with van der Waals surface area (Å²) < 4.78 is 46.1. The number of rotatable bonds is 2. The maximum absolute atomic E-state index is 13.8. The van der Waals surface area contributed by atoms with Crippen LogP contribution in [-0.2, 0) is 4.74 Å². The number of para-hydroxylation sites is 1. The van der Waals surface area contributed by atoms with Crippen molar-refractivity contribution in [1.82, 2.24) is 0 Å². The van der Waals surface area contributed by atoms with Crippen LogP contribution >= 0.6 is 0 Å². The molecule has 0 saturated heterocycles. The van der Waals surface area contributed by atoms with Crippen LogP contribution in [-0.4, -0.2) is 29.5 Å². The second-order valence-electron chi connectivity index (χ2n) is 5.20. The topological polar surface area (TPSA) is 49.8 Å². The van der Waals surface area contributed by atoms with E-state index in [4.69, 9.17) is 4.74 Å².